The predicted molar refractivity (Wildman–Crippen MR) is 85.8 cm³/mol. The molecule has 0 aromatic heterocycles. The van der Waals surface area contributed by atoms with Gasteiger partial charge < -0.3 is 14.8 Å². The lowest BCUT2D eigenvalue weighted by molar-refractivity contribution is -0.136. The average Bonchev–Trinajstić information content (AvgIpc) is 2.52. The first kappa shape index (κ1) is 18.0. The number of ether oxygens (including phenoxy) is 2. The van der Waals surface area contributed by atoms with Crippen LogP contribution >= 0.6 is 0 Å². The van der Waals surface area contributed by atoms with Crippen LogP contribution in [0.3, 0.4) is 0 Å². The molecule has 5 heteroatoms. The molecule has 0 aliphatic rings. The van der Waals surface area contributed by atoms with Gasteiger partial charge >= 0.3 is 0 Å². The molecular formula is C17H24N2O3. The number of carbonyl (C=O) groups excluding carboxylic acids is 1. The fraction of sp³-hybridized carbons (Fsp3) is 0.529. The highest BCUT2D eigenvalue weighted by Gasteiger charge is 2.31. The van der Waals surface area contributed by atoms with Crippen molar-refractivity contribution < 1.29 is 14.3 Å². The van der Waals surface area contributed by atoms with Crippen LogP contribution in [0, 0.1) is 17.2 Å². The monoisotopic (exact) mass is 304 g/mol. The van der Waals surface area contributed by atoms with Crippen molar-refractivity contribution in [1.82, 2.24) is 0 Å². The summed E-state index contributed by atoms with van der Waals surface area (Å²) in [6.45, 7) is 8.27. The molecule has 0 radical (unpaired) electrons. The molecule has 1 atom stereocenters. The van der Waals surface area contributed by atoms with E-state index in [0.717, 1.165) is 0 Å². The Morgan fingerprint density at radius 2 is 2.14 bits per heavy atom. The number of amides is 1. The maximum Gasteiger partial charge on any atom is 0.256 e. The number of carbonyl (C=O) groups is 1. The van der Waals surface area contributed by atoms with Gasteiger partial charge in [0.25, 0.3) is 5.91 Å². The lowest BCUT2D eigenvalue weighted by Crippen LogP contribution is -2.41. The van der Waals surface area contributed by atoms with Crippen molar-refractivity contribution in [1.29, 1.82) is 5.26 Å². The Morgan fingerprint density at radius 1 is 1.45 bits per heavy atom. The highest BCUT2D eigenvalue weighted by molar-refractivity contribution is 5.98. The Hall–Kier alpha value is -2.06. The van der Waals surface area contributed by atoms with Gasteiger partial charge in [0.1, 0.15) is 17.4 Å². The minimum atomic E-state index is -0.917. The highest BCUT2D eigenvalue weighted by atomic mass is 16.5. The number of rotatable bonds is 7. The van der Waals surface area contributed by atoms with E-state index in [1.807, 2.05) is 6.92 Å². The molecule has 1 amide bonds. The fourth-order valence-corrected chi connectivity index (χ4v) is 1.73. The van der Waals surface area contributed by atoms with E-state index in [-0.39, 0.29) is 5.91 Å². The summed E-state index contributed by atoms with van der Waals surface area (Å²) in [7, 11) is 1.50. The molecule has 120 valence electrons. The second kappa shape index (κ2) is 7.81. The SMILES string of the molecule is CCC(C)(OC)C(=O)Nc1ccc(OCC(C)C)cc1C#N. The zero-order valence-electron chi connectivity index (χ0n) is 13.9. The third-order valence-electron chi connectivity index (χ3n) is 3.55. The van der Waals surface area contributed by atoms with Crippen molar-refractivity contribution in [2.75, 3.05) is 19.0 Å². The summed E-state index contributed by atoms with van der Waals surface area (Å²) in [6.07, 6.45) is 0.535. The Kier molecular flexibility index (Phi) is 6.39. The van der Waals surface area contributed by atoms with Crippen molar-refractivity contribution in [2.24, 2.45) is 5.92 Å². The number of hydrogen-bond donors (Lipinski definition) is 1. The van der Waals surface area contributed by atoms with Crippen LogP contribution in [0.5, 0.6) is 5.75 Å². The van der Waals surface area contributed by atoms with Crippen LogP contribution in [0.1, 0.15) is 39.7 Å². The average molecular weight is 304 g/mol. The molecule has 0 bridgehead atoms. The highest BCUT2D eigenvalue weighted by Crippen LogP contribution is 2.24. The van der Waals surface area contributed by atoms with Crippen LogP contribution in [0.4, 0.5) is 5.69 Å². The molecule has 1 aromatic carbocycles. The molecule has 1 rings (SSSR count). The van der Waals surface area contributed by atoms with Crippen LogP contribution in [0.15, 0.2) is 18.2 Å². The van der Waals surface area contributed by atoms with Gasteiger partial charge in [-0.05, 0) is 37.5 Å². The summed E-state index contributed by atoms with van der Waals surface area (Å²) in [5, 5.41) is 12.0. The summed E-state index contributed by atoms with van der Waals surface area (Å²) in [5.74, 6) is 0.745. The normalized spacial score (nSPS) is 13.3. The van der Waals surface area contributed by atoms with Crippen LogP contribution in [0.25, 0.3) is 0 Å². The maximum absolute atomic E-state index is 12.3. The predicted octanol–water partition coefficient (Wildman–Crippen LogP) is 3.35. The van der Waals surface area contributed by atoms with Crippen LogP contribution in [0.2, 0.25) is 0 Å². The van der Waals surface area contributed by atoms with E-state index in [2.05, 4.69) is 25.2 Å². The van der Waals surface area contributed by atoms with E-state index in [0.29, 0.717) is 35.9 Å². The third-order valence-corrected chi connectivity index (χ3v) is 3.55. The van der Waals surface area contributed by atoms with Crippen molar-refractivity contribution >= 4 is 11.6 Å². The zero-order chi connectivity index (χ0) is 16.8. The molecule has 0 saturated carbocycles. The number of hydrogen-bond acceptors (Lipinski definition) is 4. The Bertz CT molecular complexity index is 558. The van der Waals surface area contributed by atoms with Crippen LogP contribution in [-0.2, 0) is 9.53 Å². The summed E-state index contributed by atoms with van der Waals surface area (Å²) in [6, 6.07) is 7.14. The Labute approximate surface area is 132 Å². The van der Waals surface area contributed by atoms with Crippen molar-refractivity contribution in [3.8, 4) is 11.8 Å². The van der Waals surface area contributed by atoms with Crippen molar-refractivity contribution in [2.45, 2.75) is 39.7 Å². The number of benzene rings is 1. The van der Waals surface area contributed by atoms with Crippen LogP contribution in [-0.4, -0.2) is 25.2 Å². The number of nitrogens with zero attached hydrogens (tertiary/aromatic N) is 1. The molecule has 1 N–H and O–H groups in total. The van der Waals surface area contributed by atoms with E-state index in [9.17, 15) is 10.1 Å². The third kappa shape index (κ3) is 4.47. The molecule has 0 fully saturated rings. The van der Waals surface area contributed by atoms with Gasteiger partial charge in [-0.3, -0.25) is 4.79 Å². The first-order valence-electron chi connectivity index (χ1n) is 7.39. The number of methoxy groups -OCH3 is 1. The second-order valence-corrected chi connectivity index (χ2v) is 5.77. The van der Waals surface area contributed by atoms with Gasteiger partial charge in [0.2, 0.25) is 0 Å². The van der Waals surface area contributed by atoms with Crippen molar-refractivity contribution in [3.63, 3.8) is 0 Å². The van der Waals surface area contributed by atoms with Gasteiger partial charge in [0.15, 0.2) is 0 Å². The molecule has 22 heavy (non-hydrogen) atoms. The van der Waals surface area contributed by atoms with E-state index < -0.39 is 5.60 Å². The van der Waals surface area contributed by atoms with Gasteiger partial charge in [-0.15, -0.1) is 0 Å². The van der Waals surface area contributed by atoms with Gasteiger partial charge in [0, 0.05) is 7.11 Å². The first-order valence-corrected chi connectivity index (χ1v) is 7.39. The van der Waals surface area contributed by atoms with E-state index >= 15 is 0 Å². The fourth-order valence-electron chi connectivity index (χ4n) is 1.73. The molecule has 0 spiro atoms. The van der Waals surface area contributed by atoms with Gasteiger partial charge in [-0.1, -0.05) is 20.8 Å². The van der Waals surface area contributed by atoms with E-state index in [4.69, 9.17) is 9.47 Å². The minimum Gasteiger partial charge on any atom is -0.493 e. The topological polar surface area (TPSA) is 71.3 Å². The quantitative estimate of drug-likeness (QED) is 0.838. The summed E-state index contributed by atoms with van der Waals surface area (Å²) in [5.41, 5.74) is -0.0928. The first-order chi connectivity index (χ1) is 10.4. The lowest BCUT2D eigenvalue weighted by Gasteiger charge is -2.25. The second-order valence-electron chi connectivity index (χ2n) is 5.77. The van der Waals surface area contributed by atoms with Crippen LogP contribution < -0.4 is 10.1 Å². The van der Waals surface area contributed by atoms with Crippen molar-refractivity contribution in [3.05, 3.63) is 23.8 Å². The minimum absolute atomic E-state index is 0.273. The number of anilines is 1. The van der Waals surface area contributed by atoms with E-state index in [1.54, 1.807) is 25.1 Å². The molecule has 1 unspecified atom stereocenters. The largest absolute Gasteiger partial charge is 0.493 e. The zero-order valence-corrected chi connectivity index (χ0v) is 13.9. The Morgan fingerprint density at radius 3 is 2.64 bits per heavy atom. The molecule has 0 saturated heterocycles. The standard InChI is InChI=1S/C17H24N2O3/c1-6-17(4,21-5)16(20)19-15-8-7-14(9-13(15)10-18)22-11-12(2)3/h7-9,12H,6,11H2,1-5H3,(H,19,20). The maximum atomic E-state index is 12.3. The van der Waals surface area contributed by atoms with Gasteiger partial charge in [-0.2, -0.15) is 5.26 Å². The molecular weight excluding hydrogens is 280 g/mol. The lowest BCUT2D eigenvalue weighted by atomic mass is 10.0. The molecule has 0 aliphatic heterocycles. The number of nitriles is 1. The molecule has 1 aromatic rings. The van der Waals surface area contributed by atoms with Gasteiger partial charge in [-0.25, -0.2) is 0 Å². The smallest absolute Gasteiger partial charge is 0.256 e. The summed E-state index contributed by atoms with van der Waals surface area (Å²) >= 11 is 0. The molecule has 0 aliphatic carbocycles. The number of nitrogens with one attached hydrogen (secondary N) is 1. The summed E-state index contributed by atoms with van der Waals surface area (Å²) in [4.78, 5) is 12.3. The summed E-state index contributed by atoms with van der Waals surface area (Å²) < 4.78 is 10.9. The van der Waals surface area contributed by atoms with Gasteiger partial charge in [0.05, 0.1) is 17.9 Å². The molecule has 0 heterocycles. The molecule has 5 nitrogen and oxygen atoms in total. The Balaban J connectivity index is 2.92. The van der Waals surface area contributed by atoms with E-state index in [1.165, 1.54) is 7.11 Å².